The first-order chi connectivity index (χ1) is 12.8. The van der Waals surface area contributed by atoms with Crippen molar-refractivity contribution < 1.29 is 4.74 Å². The van der Waals surface area contributed by atoms with E-state index < -0.39 is 0 Å². The molecule has 0 saturated carbocycles. The second-order valence-electron chi connectivity index (χ2n) is 5.81. The molecule has 0 atom stereocenters. The Morgan fingerprint density at radius 1 is 1.04 bits per heavy atom. The summed E-state index contributed by atoms with van der Waals surface area (Å²) in [6.07, 6.45) is 3.34. The first-order valence-corrected chi connectivity index (χ1v) is 8.53. The van der Waals surface area contributed by atoms with Crippen molar-refractivity contribution in [2.24, 2.45) is 0 Å². The van der Waals surface area contributed by atoms with E-state index in [1.807, 2.05) is 60.1 Å². The molecular formula is C20H19N5O. The molecule has 6 heteroatoms. The standard InChI is InChI=1S/C20H19N5O/c1-2-26-13-15-7-6-8-16(11-15)24-19-18-12-23-25(20(18)22-14-21-19)17-9-4-3-5-10-17/h3-12,14H,2,13H2,1H3,(H,21,22,24). The Labute approximate surface area is 151 Å². The number of hydrogen-bond acceptors (Lipinski definition) is 5. The number of ether oxygens (including phenoxy) is 1. The second kappa shape index (κ2) is 7.33. The lowest BCUT2D eigenvalue weighted by Gasteiger charge is -2.09. The van der Waals surface area contributed by atoms with Crippen molar-refractivity contribution in [3.63, 3.8) is 0 Å². The summed E-state index contributed by atoms with van der Waals surface area (Å²) in [7, 11) is 0. The zero-order chi connectivity index (χ0) is 17.8. The second-order valence-corrected chi connectivity index (χ2v) is 5.81. The lowest BCUT2D eigenvalue weighted by molar-refractivity contribution is 0.134. The average molecular weight is 345 g/mol. The summed E-state index contributed by atoms with van der Waals surface area (Å²) in [5, 5.41) is 8.72. The van der Waals surface area contributed by atoms with Crippen LogP contribution in [0.4, 0.5) is 11.5 Å². The first kappa shape index (κ1) is 16.2. The quantitative estimate of drug-likeness (QED) is 0.570. The van der Waals surface area contributed by atoms with Crippen molar-refractivity contribution in [3.05, 3.63) is 72.7 Å². The summed E-state index contributed by atoms with van der Waals surface area (Å²) < 4.78 is 7.29. The van der Waals surface area contributed by atoms with Crippen molar-refractivity contribution in [2.45, 2.75) is 13.5 Å². The number of benzene rings is 2. The minimum atomic E-state index is 0.594. The average Bonchev–Trinajstić information content (AvgIpc) is 3.13. The van der Waals surface area contributed by atoms with Crippen molar-refractivity contribution >= 4 is 22.5 Å². The van der Waals surface area contributed by atoms with E-state index in [0.29, 0.717) is 13.2 Å². The molecule has 0 aliphatic carbocycles. The molecule has 6 nitrogen and oxygen atoms in total. The highest BCUT2D eigenvalue weighted by molar-refractivity contribution is 5.89. The van der Waals surface area contributed by atoms with Crippen molar-refractivity contribution in [3.8, 4) is 5.69 Å². The Hall–Kier alpha value is -3.25. The highest BCUT2D eigenvalue weighted by Crippen LogP contribution is 2.25. The third-order valence-electron chi connectivity index (χ3n) is 4.03. The molecule has 0 fully saturated rings. The molecule has 130 valence electrons. The number of rotatable bonds is 6. The summed E-state index contributed by atoms with van der Waals surface area (Å²) in [5.41, 5.74) is 3.79. The molecule has 4 aromatic rings. The molecule has 2 aromatic heterocycles. The number of anilines is 2. The van der Waals surface area contributed by atoms with E-state index in [0.717, 1.165) is 33.8 Å². The fraction of sp³-hybridized carbons (Fsp3) is 0.150. The molecule has 1 N–H and O–H groups in total. The maximum absolute atomic E-state index is 5.48. The first-order valence-electron chi connectivity index (χ1n) is 8.53. The van der Waals surface area contributed by atoms with Gasteiger partial charge in [0, 0.05) is 12.3 Å². The summed E-state index contributed by atoms with van der Waals surface area (Å²) in [5.74, 6) is 0.728. The summed E-state index contributed by atoms with van der Waals surface area (Å²) >= 11 is 0. The summed E-state index contributed by atoms with van der Waals surface area (Å²) in [6, 6.07) is 18.0. The maximum atomic E-state index is 5.48. The molecule has 0 aliphatic rings. The van der Waals surface area contributed by atoms with Crippen molar-refractivity contribution in [1.29, 1.82) is 0 Å². The molecule has 0 radical (unpaired) electrons. The Bertz CT molecular complexity index is 1010. The van der Waals surface area contributed by atoms with Gasteiger partial charge in [0.05, 0.1) is 23.9 Å². The van der Waals surface area contributed by atoms with Gasteiger partial charge in [0.25, 0.3) is 0 Å². The smallest absolute Gasteiger partial charge is 0.168 e. The molecule has 2 heterocycles. The van der Waals surface area contributed by atoms with Gasteiger partial charge in [0.15, 0.2) is 5.65 Å². The zero-order valence-electron chi connectivity index (χ0n) is 14.5. The van der Waals surface area contributed by atoms with E-state index in [2.05, 4.69) is 26.4 Å². The Morgan fingerprint density at radius 3 is 2.77 bits per heavy atom. The maximum Gasteiger partial charge on any atom is 0.168 e. The van der Waals surface area contributed by atoms with Crippen molar-refractivity contribution in [2.75, 3.05) is 11.9 Å². The molecule has 4 rings (SSSR count). The van der Waals surface area contributed by atoms with E-state index in [1.54, 1.807) is 12.5 Å². The lowest BCUT2D eigenvalue weighted by atomic mass is 10.2. The minimum Gasteiger partial charge on any atom is -0.377 e. The van der Waals surface area contributed by atoms with Crippen LogP contribution in [-0.4, -0.2) is 26.4 Å². The third-order valence-corrected chi connectivity index (χ3v) is 4.03. The molecule has 2 aromatic carbocycles. The van der Waals surface area contributed by atoms with Gasteiger partial charge in [-0.3, -0.25) is 0 Å². The van der Waals surface area contributed by atoms with E-state index in [4.69, 9.17) is 4.74 Å². The summed E-state index contributed by atoms with van der Waals surface area (Å²) in [4.78, 5) is 8.80. The molecule has 0 aliphatic heterocycles. The number of hydrogen-bond donors (Lipinski definition) is 1. The number of fused-ring (bicyclic) bond motifs is 1. The number of nitrogens with zero attached hydrogens (tertiary/aromatic N) is 4. The van der Waals surface area contributed by atoms with Crippen LogP contribution in [0.5, 0.6) is 0 Å². The van der Waals surface area contributed by atoms with Gasteiger partial charge in [0.1, 0.15) is 12.1 Å². The topological polar surface area (TPSA) is 64.9 Å². The van der Waals surface area contributed by atoms with Crippen LogP contribution in [0.3, 0.4) is 0 Å². The van der Waals surface area contributed by atoms with E-state index in [9.17, 15) is 0 Å². The highest BCUT2D eigenvalue weighted by Gasteiger charge is 2.11. The van der Waals surface area contributed by atoms with E-state index in [1.165, 1.54) is 0 Å². The predicted octanol–water partition coefficient (Wildman–Crippen LogP) is 4.10. The molecule has 0 saturated heterocycles. The van der Waals surface area contributed by atoms with E-state index >= 15 is 0 Å². The molecule has 0 amide bonds. The summed E-state index contributed by atoms with van der Waals surface area (Å²) in [6.45, 7) is 3.28. The van der Waals surface area contributed by atoms with Crippen LogP contribution in [0.1, 0.15) is 12.5 Å². The van der Waals surface area contributed by atoms with Gasteiger partial charge in [-0.05, 0) is 36.8 Å². The Kier molecular flexibility index (Phi) is 4.57. The minimum absolute atomic E-state index is 0.594. The van der Waals surface area contributed by atoms with Crippen LogP contribution >= 0.6 is 0 Å². The molecule has 0 unspecified atom stereocenters. The van der Waals surface area contributed by atoms with Gasteiger partial charge in [-0.1, -0.05) is 30.3 Å². The van der Waals surface area contributed by atoms with Gasteiger partial charge in [0.2, 0.25) is 0 Å². The lowest BCUT2D eigenvalue weighted by Crippen LogP contribution is -2.00. The largest absolute Gasteiger partial charge is 0.377 e. The van der Waals surface area contributed by atoms with Crippen molar-refractivity contribution in [1.82, 2.24) is 19.7 Å². The number of para-hydroxylation sites is 1. The number of nitrogens with one attached hydrogen (secondary N) is 1. The van der Waals surface area contributed by atoms with E-state index in [-0.39, 0.29) is 0 Å². The van der Waals surface area contributed by atoms with Crippen LogP contribution in [0.15, 0.2) is 67.1 Å². The predicted molar refractivity (Wildman–Crippen MR) is 102 cm³/mol. The van der Waals surface area contributed by atoms with Gasteiger partial charge in [-0.25, -0.2) is 14.6 Å². The van der Waals surface area contributed by atoms with Gasteiger partial charge < -0.3 is 10.1 Å². The highest BCUT2D eigenvalue weighted by atomic mass is 16.5. The van der Waals surface area contributed by atoms with Crippen LogP contribution < -0.4 is 5.32 Å². The fourth-order valence-electron chi connectivity index (χ4n) is 2.80. The number of aromatic nitrogens is 4. The van der Waals surface area contributed by atoms with Crippen LogP contribution in [-0.2, 0) is 11.3 Å². The van der Waals surface area contributed by atoms with Crippen LogP contribution in [0.25, 0.3) is 16.7 Å². The van der Waals surface area contributed by atoms with Crippen LogP contribution in [0, 0.1) is 0 Å². The van der Waals surface area contributed by atoms with Gasteiger partial charge in [-0.15, -0.1) is 0 Å². The van der Waals surface area contributed by atoms with Crippen LogP contribution in [0.2, 0.25) is 0 Å². The SMILES string of the molecule is CCOCc1cccc(Nc2ncnc3c2cnn3-c2ccccc2)c1. The van der Waals surface area contributed by atoms with Gasteiger partial charge in [-0.2, -0.15) is 5.10 Å². The normalized spacial score (nSPS) is 11.0. The Morgan fingerprint density at radius 2 is 1.92 bits per heavy atom. The Balaban J connectivity index is 1.67. The fourth-order valence-corrected chi connectivity index (χ4v) is 2.80. The molecule has 0 spiro atoms. The van der Waals surface area contributed by atoms with Gasteiger partial charge >= 0.3 is 0 Å². The third kappa shape index (κ3) is 3.27. The zero-order valence-corrected chi connectivity index (χ0v) is 14.5. The molecular weight excluding hydrogens is 326 g/mol. The monoisotopic (exact) mass is 345 g/mol. The molecule has 0 bridgehead atoms. The molecule has 26 heavy (non-hydrogen) atoms.